The van der Waals surface area contributed by atoms with Crippen LogP contribution in [0.15, 0.2) is 41.6 Å². The van der Waals surface area contributed by atoms with E-state index in [0.29, 0.717) is 6.54 Å². The number of aryl methyl sites for hydroxylation is 1. The van der Waals surface area contributed by atoms with Crippen molar-refractivity contribution in [1.29, 1.82) is 0 Å². The minimum atomic E-state index is -0.0895. The van der Waals surface area contributed by atoms with Crippen LogP contribution in [0.2, 0.25) is 0 Å². The number of hydrogen-bond acceptors (Lipinski definition) is 5. The summed E-state index contributed by atoms with van der Waals surface area (Å²) in [7, 11) is 2.13. The van der Waals surface area contributed by atoms with Gasteiger partial charge < -0.3 is 14.2 Å². The van der Waals surface area contributed by atoms with Crippen LogP contribution in [0.5, 0.6) is 0 Å². The van der Waals surface area contributed by atoms with Crippen molar-refractivity contribution in [2.45, 2.75) is 19.9 Å². The van der Waals surface area contributed by atoms with Gasteiger partial charge in [0.15, 0.2) is 0 Å². The van der Waals surface area contributed by atoms with Crippen LogP contribution in [0, 0.1) is 6.92 Å². The predicted molar refractivity (Wildman–Crippen MR) is 102 cm³/mol. The molecule has 0 saturated carbocycles. The largest absolute Gasteiger partial charge is 0.369 e. The first kappa shape index (κ1) is 16.8. The predicted octanol–water partition coefficient (Wildman–Crippen LogP) is 1.39. The topological polar surface area (TPSA) is 58.7 Å². The van der Waals surface area contributed by atoms with E-state index in [9.17, 15) is 4.79 Å². The summed E-state index contributed by atoms with van der Waals surface area (Å²) in [6.45, 7) is 6.40. The van der Waals surface area contributed by atoms with E-state index in [2.05, 4.69) is 26.9 Å². The van der Waals surface area contributed by atoms with Crippen LogP contribution in [0.25, 0.3) is 5.65 Å². The Morgan fingerprint density at radius 2 is 2.00 bits per heavy atom. The third-order valence-corrected chi connectivity index (χ3v) is 4.90. The zero-order chi connectivity index (χ0) is 18.1. The van der Waals surface area contributed by atoms with Crippen molar-refractivity contribution in [1.82, 2.24) is 24.1 Å². The second kappa shape index (κ2) is 6.92. The molecule has 0 spiro atoms. The second-order valence-electron chi connectivity index (χ2n) is 7.06. The molecule has 3 aromatic rings. The lowest BCUT2D eigenvalue weighted by Gasteiger charge is -2.22. The van der Waals surface area contributed by atoms with E-state index in [1.807, 2.05) is 35.9 Å². The third-order valence-electron chi connectivity index (χ3n) is 4.90. The van der Waals surface area contributed by atoms with Crippen molar-refractivity contribution in [3.05, 3.63) is 58.4 Å². The fourth-order valence-corrected chi connectivity index (χ4v) is 3.41. The molecular formula is C19H24N6O. The molecule has 1 saturated heterocycles. The second-order valence-corrected chi connectivity index (χ2v) is 7.06. The van der Waals surface area contributed by atoms with Crippen molar-refractivity contribution < 1.29 is 0 Å². The molecule has 1 fully saturated rings. The Kier molecular flexibility index (Phi) is 4.46. The molecule has 0 bridgehead atoms. The molecule has 0 aliphatic carbocycles. The smallest absolute Gasteiger partial charge is 0.269 e. The summed E-state index contributed by atoms with van der Waals surface area (Å²) in [5, 5.41) is 4.39. The van der Waals surface area contributed by atoms with Crippen LogP contribution in [-0.2, 0) is 6.54 Å². The Bertz CT molecular complexity index is 976. The lowest BCUT2D eigenvalue weighted by atomic mass is 10.3. The van der Waals surface area contributed by atoms with Crippen molar-refractivity contribution >= 4 is 11.3 Å². The lowest BCUT2D eigenvalue weighted by molar-refractivity contribution is 0.360. The average Bonchev–Trinajstić information content (AvgIpc) is 2.87. The molecule has 0 N–H and O–H groups in total. The highest BCUT2D eigenvalue weighted by Gasteiger charge is 2.14. The number of nitrogens with zero attached hydrogens (tertiary/aromatic N) is 6. The van der Waals surface area contributed by atoms with Crippen molar-refractivity contribution in [2.75, 3.05) is 38.1 Å². The molecule has 1 aliphatic heterocycles. The third kappa shape index (κ3) is 3.48. The van der Waals surface area contributed by atoms with Gasteiger partial charge in [-0.1, -0.05) is 6.07 Å². The van der Waals surface area contributed by atoms with Crippen LogP contribution in [0.3, 0.4) is 0 Å². The zero-order valence-corrected chi connectivity index (χ0v) is 15.3. The number of aromatic nitrogens is 4. The molecule has 0 aromatic carbocycles. The van der Waals surface area contributed by atoms with Gasteiger partial charge in [0.05, 0.1) is 24.1 Å². The first-order chi connectivity index (χ1) is 12.6. The van der Waals surface area contributed by atoms with E-state index < -0.39 is 0 Å². The summed E-state index contributed by atoms with van der Waals surface area (Å²) in [6.07, 6.45) is 6.88. The number of hydrogen-bond donors (Lipinski definition) is 0. The van der Waals surface area contributed by atoms with Crippen LogP contribution in [0.1, 0.15) is 17.7 Å². The van der Waals surface area contributed by atoms with Gasteiger partial charge >= 0.3 is 0 Å². The fraction of sp³-hybridized carbons (Fsp3) is 0.421. The highest BCUT2D eigenvalue weighted by Crippen LogP contribution is 2.13. The lowest BCUT2D eigenvalue weighted by Crippen LogP contribution is -2.31. The molecule has 0 unspecified atom stereocenters. The summed E-state index contributed by atoms with van der Waals surface area (Å²) < 4.78 is 3.46. The minimum Gasteiger partial charge on any atom is -0.369 e. The molecule has 7 heteroatoms. The van der Waals surface area contributed by atoms with Gasteiger partial charge in [0.25, 0.3) is 5.56 Å². The van der Waals surface area contributed by atoms with Crippen LogP contribution < -0.4 is 10.5 Å². The number of likely N-dealkylation sites (N-methyl/N-ethyl adjacent to an activating group) is 1. The van der Waals surface area contributed by atoms with Crippen molar-refractivity contribution in [2.24, 2.45) is 0 Å². The molecule has 4 heterocycles. The Morgan fingerprint density at radius 3 is 2.85 bits per heavy atom. The summed E-state index contributed by atoms with van der Waals surface area (Å²) in [5.74, 6) is 0. The first-order valence-corrected chi connectivity index (χ1v) is 9.03. The van der Waals surface area contributed by atoms with E-state index in [4.69, 9.17) is 0 Å². The zero-order valence-electron chi connectivity index (χ0n) is 15.3. The Morgan fingerprint density at radius 1 is 1.12 bits per heavy atom. The normalized spacial score (nSPS) is 16.2. The Labute approximate surface area is 152 Å². The molecule has 3 aromatic heterocycles. The molecule has 7 nitrogen and oxygen atoms in total. The van der Waals surface area contributed by atoms with Gasteiger partial charge in [-0.3, -0.25) is 4.79 Å². The number of anilines is 1. The highest BCUT2D eigenvalue weighted by molar-refractivity contribution is 5.43. The van der Waals surface area contributed by atoms with Gasteiger partial charge in [0.1, 0.15) is 5.65 Å². The number of fused-ring (bicyclic) bond motifs is 1. The number of rotatable bonds is 3. The van der Waals surface area contributed by atoms with E-state index in [-0.39, 0.29) is 5.56 Å². The molecule has 26 heavy (non-hydrogen) atoms. The number of imidazole rings is 1. The maximum Gasteiger partial charge on any atom is 0.269 e. The SMILES string of the molecule is Cc1ccc2nc(Cn3ncc(N4CCCN(C)CC4)cc3=O)cn2c1. The van der Waals surface area contributed by atoms with Crippen LogP contribution in [-0.4, -0.2) is 57.3 Å². The molecule has 136 valence electrons. The Hall–Kier alpha value is -2.67. The van der Waals surface area contributed by atoms with E-state index in [1.165, 1.54) is 10.2 Å². The minimum absolute atomic E-state index is 0.0895. The van der Waals surface area contributed by atoms with Crippen molar-refractivity contribution in [3.8, 4) is 0 Å². The van der Waals surface area contributed by atoms with Crippen molar-refractivity contribution in [3.63, 3.8) is 0 Å². The van der Waals surface area contributed by atoms with Gasteiger partial charge in [-0.25, -0.2) is 9.67 Å². The summed E-state index contributed by atoms with van der Waals surface area (Å²) in [4.78, 5) is 21.7. The molecule has 1 aliphatic rings. The number of pyridine rings is 1. The standard InChI is InChI=1S/C19H24N6O/c1-15-4-5-18-21-16(13-24(18)12-15)14-25-19(26)10-17(11-20-25)23-7-3-6-22(2)8-9-23/h4-5,10-13H,3,6-9,14H2,1-2H3. The molecular weight excluding hydrogens is 328 g/mol. The maximum atomic E-state index is 12.5. The summed E-state index contributed by atoms with van der Waals surface area (Å²) in [5.41, 5.74) is 3.70. The van der Waals surface area contributed by atoms with Crippen LogP contribution in [0.4, 0.5) is 5.69 Å². The first-order valence-electron chi connectivity index (χ1n) is 9.03. The molecule has 0 radical (unpaired) electrons. The van der Waals surface area contributed by atoms with Gasteiger partial charge in [-0.05, 0) is 38.6 Å². The maximum absolute atomic E-state index is 12.5. The highest BCUT2D eigenvalue weighted by atomic mass is 16.1. The molecule has 0 amide bonds. The van der Waals surface area contributed by atoms with Gasteiger partial charge in [-0.2, -0.15) is 5.10 Å². The quantitative estimate of drug-likeness (QED) is 0.713. The monoisotopic (exact) mass is 352 g/mol. The summed E-state index contributed by atoms with van der Waals surface area (Å²) in [6, 6.07) is 5.71. The molecule has 0 atom stereocenters. The fourth-order valence-electron chi connectivity index (χ4n) is 3.41. The van der Waals surface area contributed by atoms with Gasteiger partial charge in [-0.15, -0.1) is 0 Å². The Balaban J connectivity index is 1.54. The molecule has 4 rings (SSSR count). The van der Waals surface area contributed by atoms with Gasteiger partial charge in [0, 0.05) is 38.1 Å². The van der Waals surface area contributed by atoms with Gasteiger partial charge in [0.2, 0.25) is 0 Å². The summed E-state index contributed by atoms with van der Waals surface area (Å²) >= 11 is 0. The van der Waals surface area contributed by atoms with E-state index in [1.54, 1.807) is 12.3 Å². The van der Waals surface area contributed by atoms with Crippen LogP contribution >= 0.6 is 0 Å². The van der Waals surface area contributed by atoms with E-state index >= 15 is 0 Å². The van der Waals surface area contributed by atoms with E-state index in [0.717, 1.165) is 49.6 Å². The average molecular weight is 352 g/mol.